The maximum atomic E-state index is 13.2. The van der Waals surface area contributed by atoms with Crippen LogP contribution in [0.5, 0.6) is 0 Å². The first-order valence-corrected chi connectivity index (χ1v) is 13.9. The van der Waals surface area contributed by atoms with Crippen molar-refractivity contribution in [2.24, 2.45) is 0 Å². The highest BCUT2D eigenvalue weighted by Gasteiger charge is 2.26. The molecule has 0 saturated carbocycles. The maximum Gasteiger partial charge on any atom is 0.519 e. The number of hydrogen-bond donors (Lipinski definition) is 3. The lowest BCUT2D eigenvalue weighted by Gasteiger charge is -2.21. The van der Waals surface area contributed by atoms with Crippen LogP contribution in [0.4, 0.5) is 0 Å². The molecular weight excluding hydrogens is 592 g/mol. The Morgan fingerprint density at radius 2 is 1.84 bits per heavy atom. The summed E-state index contributed by atoms with van der Waals surface area (Å²) in [5, 5.41) is 16.8. The van der Waals surface area contributed by atoms with Gasteiger partial charge in [-0.3, -0.25) is 14.7 Å². The molecule has 12 nitrogen and oxygen atoms in total. The number of ether oxygens (including phenoxy) is 1. The molecule has 3 aromatic heterocycles. The molecular formula is C31H27ClN4O8. The number of aromatic amines is 1. The largest absolute Gasteiger partial charge is 0.519 e. The topological polar surface area (TPSA) is 170 Å². The minimum absolute atomic E-state index is 0.0153. The van der Waals surface area contributed by atoms with E-state index in [-0.39, 0.29) is 30.1 Å². The molecule has 3 heterocycles. The Morgan fingerprint density at radius 1 is 1.05 bits per heavy atom. The summed E-state index contributed by atoms with van der Waals surface area (Å²) in [5.74, 6) is -2.09. The van der Waals surface area contributed by atoms with Crippen molar-refractivity contribution in [1.82, 2.24) is 20.1 Å². The number of aryl methyl sites for hydroxylation is 1. The molecule has 2 unspecified atom stereocenters. The number of benzene rings is 2. The van der Waals surface area contributed by atoms with E-state index in [2.05, 4.69) is 15.4 Å². The summed E-state index contributed by atoms with van der Waals surface area (Å²) in [7, 11) is 0. The number of aliphatic hydroxyl groups is 1. The molecule has 2 aromatic carbocycles. The van der Waals surface area contributed by atoms with E-state index in [9.17, 15) is 24.3 Å². The second-order valence-electron chi connectivity index (χ2n) is 9.91. The number of halogens is 1. The third kappa shape index (κ3) is 7.41. The van der Waals surface area contributed by atoms with E-state index in [0.717, 1.165) is 27.4 Å². The normalized spacial score (nSPS) is 12.4. The predicted molar refractivity (Wildman–Crippen MR) is 158 cm³/mol. The van der Waals surface area contributed by atoms with Gasteiger partial charge in [-0.15, -0.1) is 0 Å². The van der Waals surface area contributed by atoms with E-state index in [1.54, 1.807) is 24.3 Å². The van der Waals surface area contributed by atoms with Crippen LogP contribution in [0.1, 0.15) is 34.0 Å². The second kappa shape index (κ2) is 13.4. The molecule has 0 bridgehead atoms. The van der Waals surface area contributed by atoms with Gasteiger partial charge in [-0.2, -0.15) is 0 Å². The van der Waals surface area contributed by atoms with Crippen molar-refractivity contribution < 1.29 is 28.3 Å². The molecule has 0 aliphatic heterocycles. The Bertz CT molecular complexity index is 1870. The smallest absolute Gasteiger partial charge is 0.455 e. The van der Waals surface area contributed by atoms with Gasteiger partial charge in [0.2, 0.25) is 0 Å². The lowest BCUT2D eigenvalue weighted by atomic mass is 9.97. The molecule has 2 atom stereocenters. The Balaban J connectivity index is 1.32. The fourth-order valence-corrected chi connectivity index (χ4v) is 4.71. The van der Waals surface area contributed by atoms with Crippen molar-refractivity contribution in [1.29, 1.82) is 0 Å². The van der Waals surface area contributed by atoms with Crippen LogP contribution in [-0.4, -0.2) is 43.9 Å². The molecule has 0 aliphatic carbocycles. The van der Waals surface area contributed by atoms with E-state index in [1.807, 2.05) is 42.5 Å². The van der Waals surface area contributed by atoms with Gasteiger partial charge < -0.3 is 24.0 Å². The number of H-pyrrole nitrogens is 1. The molecule has 226 valence electrons. The maximum absolute atomic E-state index is 13.2. The fraction of sp³-hybridized carbons (Fsp3) is 0.194. The van der Waals surface area contributed by atoms with Crippen LogP contribution in [0.3, 0.4) is 0 Å². The van der Waals surface area contributed by atoms with Gasteiger partial charge in [-0.05, 0) is 54.3 Å². The van der Waals surface area contributed by atoms with E-state index in [4.69, 9.17) is 25.2 Å². The first-order chi connectivity index (χ1) is 21.2. The van der Waals surface area contributed by atoms with Gasteiger partial charge >= 0.3 is 11.8 Å². The number of esters is 1. The van der Waals surface area contributed by atoms with Crippen LogP contribution < -0.4 is 16.7 Å². The molecule has 0 saturated heterocycles. The van der Waals surface area contributed by atoms with Gasteiger partial charge in [0, 0.05) is 29.7 Å². The lowest BCUT2D eigenvalue weighted by Crippen LogP contribution is -2.41. The molecule has 5 aromatic rings. The molecule has 0 radical (unpaired) electrons. The zero-order valence-electron chi connectivity index (χ0n) is 23.4. The summed E-state index contributed by atoms with van der Waals surface area (Å²) in [6.07, 6.45) is -0.118. The van der Waals surface area contributed by atoms with Crippen LogP contribution >= 0.6 is 11.6 Å². The van der Waals surface area contributed by atoms with Gasteiger partial charge in [0.05, 0.1) is 0 Å². The summed E-state index contributed by atoms with van der Waals surface area (Å²) in [6.45, 7) is 1.05. The van der Waals surface area contributed by atoms with Crippen molar-refractivity contribution in [2.75, 3.05) is 0 Å². The third-order valence-electron chi connectivity index (χ3n) is 6.73. The monoisotopic (exact) mass is 618 g/mol. The van der Waals surface area contributed by atoms with E-state index in [0.29, 0.717) is 10.8 Å². The van der Waals surface area contributed by atoms with Crippen molar-refractivity contribution in [2.45, 2.75) is 38.5 Å². The number of aromatic nitrogens is 3. The zero-order chi connectivity index (χ0) is 31.2. The summed E-state index contributed by atoms with van der Waals surface area (Å²) >= 11 is 6.13. The highest BCUT2D eigenvalue weighted by Crippen LogP contribution is 2.23. The number of carbonyl (C=O) groups is 2. The number of nitrogens with zero attached hydrogens (tertiary/aromatic N) is 2. The van der Waals surface area contributed by atoms with Gasteiger partial charge in [0.1, 0.15) is 5.69 Å². The second-order valence-corrected chi connectivity index (χ2v) is 10.3. The molecule has 44 heavy (non-hydrogen) atoms. The lowest BCUT2D eigenvalue weighted by molar-refractivity contribution is -0.156. The van der Waals surface area contributed by atoms with Crippen molar-refractivity contribution >= 4 is 23.5 Å². The van der Waals surface area contributed by atoms with Crippen LogP contribution in [-0.2, 0) is 22.6 Å². The summed E-state index contributed by atoms with van der Waals surface area (Å²) in [5.41, 5.74) is 2.13. The quantitative estimate of drug-likeness (QED) is 0.187. The average molecular weight is 619 g/mol. The SMILES string of the molecule is Cc1oc(=O)oc1COC(=O)C(O)CC(Cc1ccc(-c2cccc(Cl)c2)cc1)NC(=O)c1cc(=O)n(-c2ccccn2)[nH]1. The fourth-order valence-electron chi connectivity index (χ4n) is 4.52. The minimum atomic E-state index is -1.64. The Hall–Kier alpha value is -5.20. The Morgan fingerprint density at radius 3 is 2.52 bits per heavy atom. The van der Waals surface area contributed by atoms with E-state index < -0.39 is 42.0 Å². The van der Waals surface area contributed by atoms with Gasteiger partial charge in [-0.1, -0.05) is 54.1 Å². The van der Waals surface area contributed by atoms with Gasteiger partial charge in [-0.25, -0.2) is 19.3 Å². The number of nitrogens with one attached hydrogen (secondary N) is 2. The van der Waals surface area contributed by atoms with Crippen LogP contribution in [0, 0.1) is 6.92 Å². The van der Waals surface area contributed by atoms with Crippen LogP contribution in [0.15, 0.2) is 97.4 Å². The minimum Gasteiger partial charge on any atom is -0.455 e. The highest BCUT2D eigenvalue weighted by atomic mass is 35.5. The number of rotatable bonds is 11. The first kappa shape index (κ1) is 30.3. The van der Waals surface area contributed by atoms with Gasteiger partial charge in [0.25, 0.3) is 11.5 Å². The number of pyridine rings is 1. The van der Waals surface area contributed by atoms with Crippen molar-refractivity contribution in [3.05, 3.63) is 128 Å². The zero-order valence-corrected chi connectivity index (χ0v) is 24.1. The number of carbonyl (C=O) groups excluding carboxylic acids is 2. The standard InChI is InChI=1S/C31H27ClN4O8/c1-18-26(44-31(41)43-18)17-42-30(40)25(37)15-23(13-19-8-10-20(11-9-19)21-5-4-6-22(32)14-21)34-29(39)24-16-28(38)36(35-24)27-7-2-3-12-33-27/h2-12,14,16,23,25,35,37H,13,15,17H2,1H3,(H,34,39). The summed E-state index contributed by atoms with van der Waals surface area (Å²) in [4.78, 5) is 53.8. The van der Waals surface area contributed by atoms with E-state index in [1.165, 1.54) is 13.1 Å². The van der Waals surface area contributed by atoms with Crippen molar-refractivity contribution in [3.63, 3.8) is 0 Å². The predicted octanol–water partition coefficient (Wildman–Crippen LogP) is 3.57. The van der Waals surface area contributed by atoms with Crippen molar-refractivity contribution in [3.8, 4) is 16.9 Å². The summed E-state index contributed by atoms with van der Waals surface area (Å²) in [6, 6.07) is 20.3. The van der Waals surface area contributed by atoms with Crippen LogP contribution in [0.2, 0.25) is 5.02 Å². The first-order valence-electron chi connectivity index (χ1n) is 13.5. The third-order valence-corrected chi connectivity index (χ3v) is 6.97. The van der Waals surface area contributed by atoms with Crippen LogP contribution in [0.25, 0.3) is 16.9 Å². The highest BCUT2D eigenvalue weighted by molar-refractivity contribution is 6.30. The molecule has 0 spiro atoms. The number of amides is 1. The summed E-state index contributed by atoms with van der Waals surface area (Å²) < 4.78 is 15.8. The van der Waals surface area contributed by atoms with E-state index >= 15 is 0 Å². The number of hydrogen-bond acceptors (Lipinski definition) is 9. The Labute approximate surface area is 254 Å². The van der Waals surface area contributed by atoms with Gasteiger partial charge in [0.15, 0.2) is 30.0 Å². The molecule has 1 amide bonds. The average Bonchev–Trinajstić information content (AvgIpc) is 3.56. The Kier molecular flexibility index (Phi) is 9.22. The molecule has 0 fully saturated rings. The molecule has 0 aliphatic rings. The molecule has 3 N–H and O–H groups in total. The number of aliphatic hydroxyl groups excluding tert-OH is 1. The molecule has 13 heteroatoms. The molecule has 5 rings (SSSR count).